The fourth-order valence-corrected chi connectivity index (χ4v) is 2.46. The van der Waals surface area contributed by atoms with Gasteiger partial charge in [0.1, 0.15) is 0 Å². The standard InChI is InChI=1S/C19H15ClN4O3/c1-27-19(26)12-4-2-6-14(10-12)21-17-9-8-16(23-24-17)18(25)22-15-7-3-5-13(20)11-15/h2-11H,1H3,(H,21,24)(H,22,25). The van der Waals surface area contributed by atoms with Crippen LogP contribution >= 0.6 is 11.6 Å². The van der Waals surface area contributed by atoms with E-state index in [0.29, 0.717) is 27.8 Å². The SMILES string of the molecule is COC(=O)c1cccc(Nc2ccc(C(=O)Nc3cccc(Cl)c3)nn2)c1. The Kier molecular flexibility index (Phi) is 5.63. The summed E-state index contributed by atoms with van der Waals surface area (Å²) in [6.45, 7) is 0. The van der Waals surface area contributed by atoms with Crippen molar-refractivity contribution in [1.82, 2.24) is 10.2 Å². The third-order valence-electron chi connectivity index (χ3n) is 3.54. The molecular formula is C19H15ClN4O3. The molecule has 8 heteroatoms. The van der Waals surface area contributed by atoms with Crippen molar-refractivity contribution in [2.24, 2.45) is 0 Å². The highest BCUT2D eigenvalue weighted by molar-refractivity contribution is 6.30. The monoisotopic (exact) mass is 382 g/mol. The molecule has 2 aromatic carbocycles. The summed E-state index contributed by atoms with van der Waals surface area (Å²) in [5.74, 6) is -0.405. The first-order chi connectivity index (χ1) is 13.0. The number of carbonyl (C=O) groups excluding carboxylic acids is 2. The van der Waals surface area contributed by atoms with Crippen molar-refractivity contribution in [1.29, 1.82) is 0 Å². The number of aromatic nitrogens is 2. The zero-order valence-corrected chi connectivity index (χ0v) is 15.0. The lowest BCUT2D eigenvalue weighted by Crippen LogP contribution is -2.14. The van der Waals surface area contributed by atoms with Gasteiger partial charge in [0.05, 0.1) is 12.7 Å². The maximum Gasteiger partial charge on any atom is 0.337 e. The Balaban J connectivity index is 1.68. The van der Waals surface area contributed by atoms with Crippen molar-refractivity contribution >= 4 is 40.7 Å². The summed E-state index contributed by atoms with van der Waals surface area (Å²) in [4.78, 5) is 23.8. The second-order valence-electron chi connectivity index (χ2n) is 5.47. The fourth-order valence-electron chi connectivity index (χ4n) is 2.27. The molecule has 27 heavy (non-hydrogen) atoms. The average Bonchev–Trinajstić information content (AvgIpc) is 2.68. The minimum atomic E-state index is -0.433. The van der Waals surface area contributed by atoms with Gasteiger partial charge in [0.15, 0.2) is 11.5 Å². The van der Waals surface area contributed by atoms with Crippen LogP contribution in [-0.4, -0.2) is 29.2 Å². The quantitative estimate of drug-likeness (QED) is 0.650. The van der Waals surface area contributed by atoms with E-state index in [9.17, 15) is 9.59 Å². The summed E-state index contributed by atoms with van der Waals surface area (Å²) in [7, 11) is 1.32. The molecule has 0 bridgehead atoms. The van der Waals surface area contributed by atoms with E-state index >= 15 is 0 Å². The Labute approximate surface area is 160 Å². The number of amides is 1. The Morgan fingerprint density at radius 2 is 1.74 bits per heavy atom. The number of nitrogens with one attached hydrogen (secondary N) is 2. The molecule has 0 saturated carbocycles. The number of ether oxygens (including phenoxy) is 1. The van der Waals surface area contributed by atoms with E-state index < -0.39 is 11.9 Å². The number of methoxy groups -OCH3 is 1. The number of hydrogen-bond acceptors (Lipinski definition) is 6. The highest BCUT2D eigenvalue weighted by Crippen LogP contribution is 2.18. The summed E-state index contributed by atoms with van der Waals surface area (Å²) in [5, 5.41) is 14.1. The number of hydrogen-bond donors (Lipinski definition) is 2. The van der Waals surface area contributed by atoms with E-state index in [1.165, 1.54) is 7.11 Å². The normalized spacial score (nSPS) is 10.1. The molecule has 0 aliphatic carbocycles. The minimum Gasteiger partial charge on any atom is -0.465 e. The van der Waals surface area contributed by atoms with Crippen LogP contribution in [-0.2, 0) is 4.74 Å². The van der Waals surface area contributed by atoms with E-state index in [1.54, 1.807) is 60.7 Å². The van der Waals surface area contributed by atoms with Gasteiger partial charge in [-0.2, -0.15) is 0 Å². The summed E-state index contributed by atoms with van der Waals surface area (Å²) in [6.07, 6.45) is 0. The van der Waals surface area contributed by atoms with Gasteiger partial charge in [-0.1, -0.05) is 23.7 Å². The first kappa shape index (κ1) is 18.3. The van der Waals surface area contributed by atoms with Gasteiger partial charge in [0.2, 0.25) is 0 Å². The molecule has 3 rings (SSSR count). The molecule has 3 aromatic rings. The molecule has 0 atom stereocenters. The molecule has 136 valence electrons. The van der Waals surface area contributed by atoms with Gasteiger partial charge < -0.3 is 15.4 Å². The third kappa shape index (κ3) is 4.80. The van der Waals surface area contributed by atoms with Gasteiger partial charge in [-0.25, -0.2) is 4.79 Å². The van der Waals surface area contributed by atoms with E-state index in [1.807, 2.05) is 0 Å². The highest BCUT2D eigenvalue weighted by Gasteiger charge is 2.10. The molecular weight excluding hydrogens is 368 g/mol. The Hall–Kier alpha value is -3.45. The van der Waals surface area contributed by atoms with E-state index in [4.69, 9.17) is 16.3 Å². The lowest BCUT2D eigenvalue weighted by molar-refractivity contribution is 0.0600. The molecule has 1 aromatic heterocycles. The van der Waals surface area contributed by atoms with E-state index in [0.717, 1.165) is 0 Å². The molecule has 0 unspecified atom stereocenters. The van der Waals surface area contributed by atoms with Crippen LogP contribution in [0.2, 0.25) is 5.02 Å². The number of nitrogens with zero attached hydrogens (tertiary/aromatic N) is 2. The van der Waals surface area contributed by atoms with Crippen LogP contribution in [0.1, 0.15) is 20.8 Å². The molecule has 0 spiro atoms. The minimum absolute atomic E-state index is 0.156. The van der Waals surface area contributed by atoms with Crippen LogP contribution in [0.5, 0.6) is 0 Å². The number of benzene rings is 2. The van der Waals surface area contributed by atoms with Crippen molar-refractivity contribution in [2.45, 2.75) is 0 Å². The molecule has 7 nitrogen and oxygen atoms in total. The fraction of sp³-hybridized carbons (Fsp3) is 0.0526. The van der Waals surface area contributed by atoms with Gasteiger partial charge in [0, 0.05) is 16.4 Å². The van der Waals surface area contributed by atoms with Gasteiger partial charge in [-0.05, 0) is 48.5 Å². The van der Waals surface area contributed by atoms with E-state index in [2.05, 4.69) is 20.8 Å². The Bertz CT molecular complexity index is 977. The molecule has 0 radical (unpaired) electrons. The maximum absolute atomic E-state index is 12.2. The average molecular weight is 383 g/mol. The molecule has 1 amide bonds. The molecule has 0 aliphatic rings. The Morgan fingerprint density at radius 1 is 0.963 bits per heavy atom. The Morgan fingerprint density at radius 3 is 2.44 bits per heavy atom. The van der Waals surface area contributed by atoms with Crippen molar-refractivity contribution in [3.8, 4) is 0 Å². The number of carbonyl (C=O) groups is 2. The first-order valence-electron chi connectivity index (χ1n) is 7.91. The van der Waals surface area contributed by atoms with Crippen molar-refractivity contribution in [3.05, 3.63) is 76.9 Å². The van der Waals surface area contributed by atoms with Gasteiger partial charge in [-0.15, -0.1) is 10.2 Å². The number of esters is 1. The van der Waals surface area contributed by atoms with Crippen molar-refractivity contribution in [2.75, 3.05) is 17.7 Å². The number of anilines is 3. The zero-order valence-electron chi connectivity index (χ0n) is 14.3. The van der Waals surface area contributed by atoms with Crippen LogP contribution in [0.3, 0.4) is 0 Å². The molecule has 0 fully saturated rings. The van der Waals surface area contributed by atoms with Crippen LogP contribution in [0.25, 0.3) is 0 Å². The predicted molar refractivity (Wildman–Crippen MR) is 103 cm³/mol. The van der Waals surface area contributed by atoms with Crippen molar-refractivity contribution < 1.29 is 14.3 Å². The third-order valence-corrected chi connectivity index (χ3v) is 3.77. The summed E-state index contributed by atoms with van der Waals surface area (Å²) < 4.78 is 4.69. The summed E-state index contributed by atoms with van der Waals surface area (Å²) in [6, 6.07) is 16.7. The molecule has 1 heterocycles. The smallest absolute Gasteiger partial charge is 0.337 e. The zero-order chi connectivity index (χ0) is 19.2. The largest absolute Gasteiger partial charge is 0.465 e. The van der Waals surface area contributed by atoms with Crippen LogP contribution in [0, 0.1) is 0 Å². The van der Waals surface area contributed by atoms with Crippen LogP contribution in [0.4, 0.5) is 17.2 Å². The first-order valence-corrected chi connectivity index (χ1v) is 8.29. The van der Waals surface area contributed by atoms with Gasteiger partial charge in [0.25, 0.3) is 5.91 Å². The van der Waals surface area contributed by atoms with Gasteiger partial charge in [-0.3, -0.25) is 4.79 Å². The predicted octanol–water partition coefficient (Wildman–Crippen LogP) is 3.91. The maximum atomic E-state index is 12.2. The summed E-state index contributed by atoms with van der Waals surface area (Å²) >= 11 is 5.90. The van der Waals surface area contributed by atoms with E-state index in [-0.39, 0.29) is 5.69 Å². The lowest BCUT2D eigenvalue weighted by Gasteiger charge is -2.08. The molecule has 0 aliphatic heterocycles. The van der Waals surface area contributed by atoms with Crippen LogP contribution in [0.15, 0.2) is 60.7 Å². The highest BCUT2D eigenvalue weighted by atomic mass is 35.5. The molecule has 2 N–H and O–H groups in total. The number of halogens is 1. The van der Waals surface area contributed by atoms with Crippen molar-refractivity contribution in [3.63, 3.8) is 0 Å². The number of rotatable bonds is 5. The van der Waals surface area contributed by atoms with Crippen LogP contribution < -0.4 is 10.6 Å². The molecule has 0 saturated heterocycles. The second-order valence-corrected chi connectivity index (χ2v) is 5.90. The topological polar surface area (TPSA) is 93.2 Å². The summed E-state index contributed by atoms with van der Waals surface area (Å²) in [5.41, 5.74) is 1.77. The lowest BCUT2D eigenvalue weighted by atomic mass is 10.2. The second kappa shape index (κ2) is 8.29. The van der Waals surface area contributed by atoms with Gasteiger partial charge >= 0.3 is 5.97 Å².